The summed E-state index contributed by atoms with van der Waals surface area (Å²) in [5, 5.41) is 0. The van der Waals surface area contributed by atoms with Crippen LogP contribution in [0.4, 0.5) is 0 Å². The van der Waals surface area contributed by atoms with Gasteiger partial charge in [-0.2, -0.15) is 0 Å². The molecule has 0 aromatic heterocycles. The second-order valence-corrected chi connectivity index (χ2v) is 5.69. The van der Waals surface area contributed by atoms with Gasteiger partial charge in [-0.1, -0.05) is 6.92 Å². The minimum absolute atomic E-state index is 0.258. The van der Waals surface area contributed by atoms with Crippen molar-refractivity contribution >= 4 is 5.78 Å². The van der Waals surface area contributed by atoms with Crippen LogP contribution < -0.4 is 0 Å². The van der Waals surface area contributed by atoms with E-state index in [1.165, 1.54) is 38.5 Å². The summed E-state index contributed by atoms with van der Waals surface area (Å²) in [6.07, 6.45) is 11.6. The predicted octanol–water partition coefficient (Wildman–Crippen LogP) is 4.15. The zero-order chi connectivity index (χ0) is 12.2. The van der Waals surface area contributed by atoms with Gasteiger partial charge in [0.25, 0.3) is 0 Å². The van der Waals surface area contributed by atoms with Gasteiger partial charge in [-0.15, -0.1) is 0 Å². The van der Waals surface area contributed by atoms with Crippen LogP contribution >= 0.6 is 0 Å². The molecule has 0 aliphatic rings. The molecule has 0 amide bonds. The first-order valence-electron chi connectivity index (χ1n) is 6.32. The molecule has 1 nitrogen and oxygen atoms in total. The summed E-state index contributed by atoms with van der Waals surface area (Å²) in [4.78, 5) is 11.4. The van der Waals surface area contributed by atoms with Crippen LogP contribution in [0.25, 0.3) is 0 Å². The number of ketones is 1. The van der Waals surface area contributed by atoms with Crippen molar-refractivity contribution in [1.29, 1.82) is 0 Å². The van der Waals surface area contributed by atoms with E-state index in [0.717, 1.165) is 12.0 Å². The quantitative estimate of drug-likeness (QED) is 0.385. The van der Waals surface area contributed by atoms with Crippen molar-refractivity contribution in [1.82, 2.24) is 0 Å². The van der Waals surface area contributed by atoms with Crippen molar-refractivity contribution in [3.05, 3.63) is 11.6 Å². The molecule has 0 aliphatic carbocycles. The van der Waals surface area contributed by atoms with Gasteiger partial charge in [-0.25, -0.2) is 0 Å². The van der Waals surface area contributed by atoms with E-state index in [9.17, 15) is 4.79 Å². The summed E-state index contributed by atoms with van der Waals surface area (Å²) in [6, 6.07) is 0. The first-order valence-corrected chi connectivity index (χ1v) is 8.40. The maximum absolute atomic E-state index is 11.4. The van der Waals surface area contributed by atoms with Crippen molar-refractivity contribution in [3.8, 4) is 2.82 Å². The third kappa shape index (κ3) is 9.47. The zero-order valence-electron chi connectivity index (χ0n) is 10.6. The van der Waals surface area contributed by atoms with Crippen LogP contribution in [0.3, 0.4) is 0 Å². The molecule has 89 valence electrons. The molecule has 0 bridgehead atoms. The van der Waals surface area contributed by atoms with E-state index in [2.05, 4.69) is 15.8 Å². The summed E-state index contributed by atoms with van der Waals surface area (Å²) in [5.41, 5.74) is 0.932. The Morgan fingerprint density at radius 2 is 1.81 bits per heavy atom. The van der Waals surface area contributed by atoms with Gasteiger partial charge >= 0.3 is 112 Å². The Morgan fingerprint density at radius 1 is 1.19 bits per heavy atom. The summed E-state index contributed by atoms with van der Waals surface area (Å²) >= 11 is 0.697. The number of rotatable bonds is 9. The fourth-order valence-electron chi connectivity index (χ4n) is 1.58. The molecule has 0 saturated carbocycles. The summed E-state index contributed by atoms with van der Waals surface area (Å²) < 4.78 is 3.05. The molecule has 0 aliphatic heterocycles. The number of allylic oxidation sites excluding steroid dienone is 2. The maximum atomic E-state index is 11.4. The molecule has 16 heavy (non-hydrogen) atoms. The average Bonchev–Trinajstić information content (AvgIpc) is 2.28. The number of Topliss-reactive ketones (excluding diaryl/α,β-unsaturated/α-hetero) is 1. The monoisotopic (exact) mass is 445 g/mol. The van der Waals surface area contributed by atoms with Crippen molar-refractivity contribution in [2.75, 3.05) is 0 Å². The molecule has 0 N–H and O–H groups in total. The van der Waals surface area contributed by atoms with Crippen LogP contribution in [0, 0.1) is 31.5 Å². The van der Waals surface area contributed by atoms with Crippen LogP contribution in [0.2, 0.25) is 0 Å². The molecule has 0 unspecified atom stereocenters. The third-order valence-electron chi connectivity index (χ3n) is 2.70. The van der Waals surface area contributed by atoms with Gasteiger partial charge in [0, 0.05) is 0 Å². The van der Waals surface area contributed by atoms with Crippen LogP contribution in [-0.2, 0) is 4.79 Å². The first-order chi connectivity index (χ1) is 7.72. The fourth-order valence-corrected chi connectivity index (χ4v) is 2.25. The fraction of sp³-hybridized carbons (Fsp3) is 0.714. The van der Waals surface area contributed by atoms with E-state index in [1.54, 1.807) is 0 Å². The number of hydrogen-bond acceptors (Lipinski definition) is 1. The Labute approximate surface area is 118 Å². The number of hydrogen-bond donors (Lipinski definition) is 0. The summed E-state index contributed by atoms with van der Waals surface area (Å²) in [7, 11) is 0. The van der Waals surface area contributed by atoms with Crippen LogP contribution in [0.15, 0.2) is 11.6 Å². The second-order valence-electron chi connectivity index (χ2n) is 4.22. The molecule has 0 fully saturated rings. The Morgan fingerprint density at radius 3 is 2.44 bits per heavy atom. The van der Waals surface area contributed by atoms with Crippen molar-refractivity contribution in [2.45, 2.75) is 65.2 Å². The molecule has 0 aromatic carbocycles. The van der Waals surface area contributed by atoms with Crippen LogP contribution in [0.1, 0.15) is 65.2 Å². The van der Waals surface area contributed by atoms with E-state index in [1.807, 2.05) is 6.92 Å². The molecular formula is C14H23OU. The molecule has 0 aromatic rings. The summed E-state index contributed by atoms with van der Waals surface area (Å²) in [5.74, 6) is 0.258. The topological polar surface area (TPSA) is 17.1 Å². The Hall–Kier alpha value is 0.242. The SMILES string of the molecule is CCCCCCCCC=C(C)C(=O)C[C]#[U]. The molecule has 2 heteroatoms. The summed E-state index contributed by atoms with van der Waals surface area (Å²) in [6.45, 7) is 4.17. The number of unbranched alkanes of at least 4 members (excludes halogenated alkanes) is 6. The molecule has 0 saturated heterocycles. The van der Waals surface area contributed by atoms with Crippen LogP contribution in [-0.4, -0.2) is 5.78 Å². The molecular weight excluding hydrogens is 422 g/mol. The van der Waals surface area contributed by atoms with Gasteiger partial charge < -0.3 is 0 Å². The second kappa shape index (κ2) is 11.7. The van der Waals surface area contributed by atoms with Gasteiger partial charge in [0.2, 0.25) is 0 Å². The van der Waals surface area contributed by atoms with E-state index >= 15 is 0 Å². The van der Waals surface area contributed by atoms with E-state index in [0.29, 0.717) is 35.1 Å². The van der Waals surface area contributed by atoms with Gasteiger partial charge in [0.1, 0.15) is 0 Å². The van der Waals surface area contributed by atoms with E-state index < -0.39 is 0 Å². The van der Waals surface area contributed by atoms with Crippen molar-refractivity contribution in [3.63, 3.8) is 0 Å². The zero-order valence-corrected chi connectivity index (χ0v) is 14.8. The minimum atomic E-state index is 0.258. The van der Waals surface area contributed by atoms with Gasteiger partial charge in [-0.05, 0) is 0 Å². The molecule has 0 atom stereocenters. The first kappa shape index (κ1) is 16.2. The van der Waals surface area contributed by atoms with Crippen molar-refractivity contribution < 1.29 is 33.5 Å². The van der Waals surface area contributed by atoms with Crippen molar-refractivity contribution in [2.24, 2.45) is 0 Å². The molecule has 0 spiro atoms. The number of carbonyl (C=O) groups excluding carboxylic acids is 1. The van der Waals surface area contributed by atoms with Crippen LogP contribution in [0.5, 0.6) is 0 Å². The Kier molecular flexibility index (Phi) is 11.9. The Bertz CT molecular complexity index is 260. The average molecular weight is 445 g/mol. The number of carbonyl (C=O) groups is 1. The normalized spacial score (nSPS) is 11.4. The van der Waals surface area contributed by atoms with E-state index in [4.69, 9.17) is 0 Å². The Balaban J connectivity index is 3.52. The van der Waals surface area contributed by atoms with Gasteiger partial charge in [0.05, 0.1) is 0 Å². The van der Waals surface area contributed by atoms with Gasteiger partial charge in [-0.3, -0.25) is 0 Å². The van der Waals surface area contributed by atoms with Gasteiger partial charge in [0.15, 0.2) is 0 Å². The van der Waals surface area contributed by atoms with E-state index in [-0.39, 0.29) is 5.78 Å². The third-order valence-corrected chi connectivity index (χ3v) is 3.43. The molecule has 0 heterocycles. The predicted molar refractivity (Wildman–Crippen MR) is 65.3 cm³/mol. The standard InChI is InChI=1S/C14H23O.U/c1-4-6-7-8-9-10-11-12-13(3)14(15)5-2;/h12H,4-11H2,1,3H3;. The molecule has 0 radical (unpaired) electrons. The molecule has 0 rings (SSSR count).